The molecule has 0 radical (unpaired) electrons. The Morgan fingerprint density at radius 2 is 2.15 bits per heavy atom. The molecule has 0 bridgehead atoms. The Balaban J connectivity index is 1.79. The van der Waals surface area contributed by atoms with E-state index in [0.29, 0.717) is 0 Å². The van der Waals surface area contributed by atoms with Crippen LogP contribution in [0.5, 0.6) is 0 Å². The van der Waals surface area contributed by atoms with Gasteiger partial charge in [0.25, 0.3) is 0 Å². The van der Waals surface area contributed by atoms with Crippen LogP contribution in [0.15, 0.2) is 52.4 Å². The van der Waals surface area contributed by atoms with Gasteiger partial charge >= 0.3 is 0 Å². The highest BCUT2D eigenvalue weighted by molar-refractivity contribution is 9.11. The number of anilines is 1. The Morgan fingerprint density at radius 3 is 2.85 bits per heavy atom. The normalized spacial score (nSPS) is 12.3. The van der Waals surface area contributed by atoms with E-state index < -0.39 is 0 Å². The van der Waals surface area contributed by atoms with Crippen LogP contribution in [0.4, 0.5) is 5.69 Å². The zero-order valence-corrected chi connectivity index (χ0v) is 13.3. The fourth-order valence-electron chi connectivity index (χ4n) is 2.08. The van der Waals surface area contributed by atoms with Gasteiger partial charge in [0.1, 0.15) is 0 Å². The van der Waals surface area contributed by atoms with Crippen LogP contribution < -0.4 is 5.32 Å². The first-order valence-corrected chi connectivity index (χ1v) is 7.95. The molecule has 102 valence electrons. The Hall–Kier alpha value is -1.59. The number of hydrogen-bond donors (Lipinski definition) is 2. The summed E-state index contributed by atoms with van der Waals surface area (Å²) in [5, 5.41) is 10.5. The average Bonchev–Trinajstić information content (AvgIpc) is 3.10. The van der Waals surface area contributed by atoms with Gasteiger partial charge < -0.3 is 5.32 Å². The molecule has 1 unspecified atom stereocenters. The number of aromatic nitrogens is 2. The topological polar surface area (TPSA) is 40.7 Å². The third kappa shape index (κ3) is 2.94. The van der Waals surface area contributed by atoms with E-state index in [1.165, 1.54) is 4.88 Å². The summed E-state index contributed by atoms with van der Waals surface area (Å²) < 4.78 is 1.16. The van der Waals surface area contributed by atoms with Gasteiger partial charge in [0.05, 0.1) is 15.5 Å². The number of rotatable bonds is 4. The van der Waals surface area contributed by atoms with Crippen molar-refractivity contribution in [3.05, 3.63) is 57.3 Å². The molecule has 0 saturated carbocycles. The smallest absolute Gasteiger partial charge is 0.0702 e. The van der Waals surface area contributed by atoms with E-state index in [9.17, 15) is 0 Å². The lowest BCUT2D eigenvalue weighted by Gasteiger charge is -2.14. The van der Waals surface area contributed by atoms with Crippen molar-refractivity contribution in [1.82, 2.24) is 10.2 Å². The first kappa shape index (κ1) is 13.4. The lowest BCUT2D eigenvalue weighted by atomic mass is 10.1. The van der Waals surface area contributed by atoms with Crippen LogP contribution in [-0.4, -0.2) is 10.2 Å². The van der Waals surface area contributed by atoms with Crippen molar-refractivity contribution in [3.63, 3.8) is 0 Å². The summed E-state index contributed by atoms with van der Waals surface area (Å²) in [6, 6.07) is 14.8. The minimum atomic E-state index is 0.281. The summed E-state index contributed by atoms with van der Waals surface area (Å²) >= 11 is 5.26. The van der Waals surface area contributed by atoms with Gasteiger partial charge in [-0.2, -0.15) is 5.10 Å². The Labute approximate surface area is 130 Å². The number of nitrogens with zero attached hydrogens (tertiary/aromatic N) is 1. The molecule has 0 saturated heterocycles. The molecule has 0 aliphatic rings. The molecule has 0 aliphatic heterocycles. The van der Waals surface area contributed by atoms with Crippen molar-refractivity contribution in [2.24, 2.45) is 0 Å². The maximum absolute atomic E-state index is 3.99. The molecule has 5 heteroatoms. The first-order valence-electron chi connectivity index (χ1n) is 6.34. The third-order valence-electron chi connectivity index (χ3n) is 3.08. The molecule has 2 N–H and O–H groups in total. The van der Waals surface area contributed by atoms with Crippen molar-refractivity contribution < 1.29 is 0 Å². The van der Waals surface area contributed by atoms with E-state index in [4.69, 9.17) is 0 Å². The van der Waals surface area contributed by atoms with Crippen LogP contribution in [0.1, 0.15) is 17.8 Å². The summed E-state index contributed by atoms with van der Waals surface area (Å²) in [7, 11) is 0. The molecule has 2 heterocycles. The molecule has 2 aromatic heterocycles. The third-order valence-corrected chi connectivity index (χ3v) is 4.88. The lowest BCUT2D eigenvalue weighted by molar-refractivity contribution is 0.908. The number of thiophene rings is 1. The van der Waals surface area contributed by atoms with Crippen molar-refractivity contribution >= 4 is 33.0 Å². The standard InChI is InChI=1S/C15H14BrN3S/c1-10(14-5-6-15(16)20-14)18-12-4-2-3-11(9-12)13-7-8-17-19-13/h2-10,18H,1H3,(H,17,19). The first-order chi connectivity index (χ1) is 9.72. The molecule has 0 fully saturated rings. The van der Waals surface area contributed by atoms with Gasteiger partial charge in [-0.3, -0.25) is 5.10 Å². The number of halogens is 1. The quantitative estimate of drug-likeness (QED) is 0.691. The van der Waals surface area contributed by atoms with E-state index in [1.807, 2.05) is 6.07 Å². The zero-order valence-electron chi connectivity index (χ0n) is 10.9. The molecule has 0 aliphatic carbocycles. The summed E-state index contributed by atoms with van der Waals surface area (Å²) in [6.07, 6.45) is 1.77. The molecular formula is C15H14BrN3S. The highest BCUT2D eigenvalue weighted by Gasteiger charge is 2.08. The van der Waals surface area contributed by atoms with E-state index in [1.54, 1.807) is 17.5 Å². The second-order valence-electron chi connectivity index (χ2n) is 4.56. The number of nitrogens with one attached hydrogen (secondary N) is 2. The van der Waals surface area contributed by atoms with Gasteiger partial charge in [0.15, 0.2) is 0 Å². The van der Waals surface area contributed by atoms with Crippen LogP contribution in [0.2, 0.25) is 0 Å². The highest BCUT2D eigenvalue weighted by atomic mass is 79.9. The van der Waals surface area contributed by atoms with Gasteiger partial charge in [-0.05, 0) is 53.2 Å². The van der Waals surface area contributed by atoms with E-state index >= 15 is 0 Å². The second kappa shape index (κ2) is 5.81. The van der Waals surface area contributed by atoms with Crippen LogP contribution in [-0.2, 0) is 0 Å². The molecule has 3 nitrogen and oxygen atoms in total. The Kier molecular flexibility index (Phi) is 3.89. The monoisotopic (exact) mass is 347 g/mol. The Bertz CT molecular complexity index is 691. The molecule has 3 aromatic rings. The van der Waals surface area contributed by atoms with Crippen molar-refractivity contribution in [2.45, 2.75) is 13.0 Å². The van der Waals surface area contributed by atoms with Gasteiger partial charge in [-0.15, -0.1) is 11.3 Å². The van der Waals surface area contributed by atoms with Crippen LogP contribution in [0.25, 0.3) is 11.3 Å². The van der Waals surface area contributed by atoms with Gasteiger partial charge in [-0.25, -0.2) is 0 Å². The van der Waals surface area contributed by atoms with E-state index in [-0.39, 0.29) is 6.04 Å². The number of H-pyrrole nitrogens is 1. The molecule has 3 rings (SSSR count). The maximum Gasteiger partial charge on any atom is 0.0702 e. The molecule has 1 aromatic carbocycles. The van der Waals surface area contributed by atoms with Gasteiger partial charge in [0, 0.05) is 22.3 Å². The molecular weight excluding hydrogens is 334 g/mol. The van der Waals surface area contributed by atoms with Crippen molar-refractivity contribution in [3.8, 4) is 11.3 Å². The average molecular weight is 348 g/mol. The van der Waals surface area contributed by atoms with Crippen molar-refractivity contribution in [1.29, 1.82) is 0 Å². The zero-order chi connectivity index (χ0) is 13.9. The van der Waals surface area contributed by atoms with Gasteiger partial charge in [-0.1, -0.05) is 12.1 Å². The fourth-order valence-corrected chi connectivity index (χ4v) is 3.50. The largest absolute Gasteiger partial charge is 0.378 e. The predicted molar refractivity (Wildman–Crippen MR) is 88.1 cm³/mol. The van der Waals surface area contributed by atoms with Crippen LogP contribution in [0.3, 0.4) is 0 Å². The number of benzene rings is 1. The summed E-state index contributed by atoms with van der Waals surface area (Å²) in [5.74, 6) is 0. The number of aromatic amines is 1. The van der Waals surface area contributed by atoms with Crippen LogP contribution >= 0.6 is 27.3 Å². The maximum atomic E-state index is 3.99. The minimum absolute atomic E-state index is 0.281. The summed E-state index contributed by atoms with van der Waals surface area (Å²) in [6.45, 7) is 2.17. The van der Waals surface area contributed by atoms with E-state index in [2.05, 4.69) is 74.8 Å². The van der Waals surface area contributed by atoms with Crippen LogP contribution in [0, 0.1) is 0 Å². The molecule has 20 heavy (non-hydrogen) atoms. The predicted octanol–water partition coefficient (Wildman–Crippen LogP) is 5.07. The molecule has 0 spiro atoms. The minimum Gasteiger partial charge on any atom is -0.378 e. The fraction of sp³-hybridized carbons (Fsp3) is 0.133. The number of hydrogen-bond acceptors (Lipinski definition) is 3. The summed E-state index contributed by atoms with van der Waals surface area (Å²) in [4.78, 5) is 1.31. The molecule has 1 atom stereocenters. The van der Waals surface area contributed by atoms with Crippen molar-refractivity contribution in [2.75, 3.05) is 5.32 Å². The second-order valence-corrected chi connectivity index (χ2v) is 7.05. The SMILES string of the molecule is CC(Nc1cccc(-c2ccn[nH]2)c1)c1ccc(Br)s1. The van der Waals surface area contributed by atoms with E-state index in [0.717, 1.165) is 20.7 Å². The van der Waals surface area contributed by atoms with Gasteiger partial charge in [0.2, 0.25) is 0 Å². The Morgan fingerprint density at radius 1 is 1.25 bits per heavy atom. The summed E-state index contributed by atoms with van der Waals surface area (Å²) in [5.41, 5.74) is 3.27. The highest BCUT2D eigenvalue weighted by Crippen LogP contribution is 2.30. The lowest BCUT2D eigenvalue weighted by Crippen LogP contribution is -2.04. The molecule has 0 amide bonds.